The maximum absolute atomic E-state index is 8.28. The number of hydrogen-bond acceptors (Lipinski definition) is 3. The van der Waals surface area contributed by atoms with Crippen LogP contribution in [-0.2, 0) is 0 Å². The molecule has 0 rings (SSSR count). The van der Waals surface area contributed by atoms with Crippen molar-refractivity contribution in [1.82, 2.24) is 4.90 Å². The lowest BCUT2D eigenvalue weighted by Gasteiger charge is -2.13. The largest absolute Gasteiger partial charge is 0.394 e. The van der Waals surface area contributed by atoms with Gasteiger partial charge in [0.2, 0.25) is 0 Å². The highest BCUT2D eigenvalue weighted by molar-refractivity contribution is 4.67. The van der Waals surface area contributed by atoms with E-state index in [-0.39, 0.29) is 6.61 Å². The number of hydrogen-bond donors (Lipinski definition) is 2. The Morgan fingerprint density at radius 2 is 1.31 bits per heavy atom. The first kappa shape index (κ1) is 15.4. The van der Waals surface area contributed by atoms with Crippen molar-refractivity contribution in [2.75, 3.05) is 26.2 Å². The lowest BCUT2D eigenvalue weighted by molar-refractivity contribution is 0.221. The molecule has 0 aliphatic carbocycles. The van der Waals surface area contributed by atoms with Crippen molar-refractivity contribution in [3.8, 4) is 0 Å². The summed E-state index contributed by atoms with van der Waals surface area (Å²) in [6.07, 6.45) is 0. The monoisotopic (exact) mass is 190 g/mol. The van der Waals surface area contributed by atoms with Gasteiger partial charge in [-0.15, -0.1) is 0 Å². The molecule has 0 heterocycles. The molecule has 3 N–H and O–H groups in total. The molecule has 3 heteroatoms. The third-order valence-corrected chi connectivity index (χ3v) is 1.75. The molecule has 0 aromatic carbocycles. The molecule has 0 unspecified atom stereocenters. The average molecular weight is 190 g/mol. The second kappa shape index (κ2) is 8.48. The zero-order valence-electron chi connectivity index (χ0n) is 9.80. The van der Waals surface area contributed by atoms with Gasteiger partial charge in [0.1, 0.15) is 0 Å². The maximum atomic E-state index is 8.28. The number of aliphatic hydroxyl groups excluding tert-OH is 1. The molecular formula is C10H26N2O. The van der Waals surface area contributed by atoms with Crippen LogP contribution in [0, 0.1) is 0 Å². The van der Waals surface area contributed by atoms with Crippen LogP contribution in [0.1, 0.15) is 34.6 Å². The molecule has 3 nitrogen and oxygen atoms in total. The van der Waals surface area contributed by atoms with E-state index in [9.17, 15) is 0 Å². The Hall–Kier alpha value is -0.120. The van der Waals surface area contributed by atoms with E-state index in [0.717, 1.165) is 0 Å². The van der Waals surface area contributed by atoms with Crippen molar-refractivity contribution in [3.63, 3.8) is 0 Å². The molecule has 0 fully saturated rings. The first-order chi connectivity index (χ1) is 5.91. The fourth-order valence-corrected chi connectivity index (χ4v) is 0.671. The molecule has 0 radical (unpaired) electrons. The lowest BCUT2D eigenvalue weighted by Crippen LogP contribution is -2.35. The molecule has 0 aromatic rings. The van der Waals surface area contributed by atoms with Crippen molar-refractivity contribution in [2.24, 2.45) is 5.73 Å². The normalized spacial score (nSPS) is 11.1. The fraction of sp³-hybridized carbons (Fsp3) is 1.00. The van der Waals surface area contributed by atoms with Crippen LogP contribution in [0.4, 0.5) is 0 Å². The molecule has 0 saturated carbocycles. The Bertz CT molecular complexity index is 90.1. The summed E-state index contributed by atoms with van der Waals surface area (Å²) in [6.45, 7) is 13.7. The van der Waals surface area contributed by atoms with Crippen LogP contribution in [0.3, 0.4) is 0 Å². The summed E-state index contributed by atoms with van der Waals surface area (Å²) in [4.78, 5) is 2.38. The zero-order valence-corrected chi connectivity index (χ0v) is 9.80. The Balaban J connectivity index is 0. The Kier molecular flexibility index (Phi) is 10.0. The Morgan fingerprint density at radius 1 is 1.08 bits per heavy atom. The third kappa shape index (κ3) is 14.7. The number of nitrogens with zero attached hydrogens (tertiary/aromatic N) is 1. The van der Waals surface area contributed by atoms with Crippen LogP contribution >= 0.6 is 0 Å². The summed E-state index contributed by atoms with van der Waals surface area (Å²) in [7, 11) is 0. The van der Waals surface area contributed by atoms with Crippen molar-refractivity contribution < 1.29 is 5.11 Å². The summed E-state index contributed by atoms with van der Waals surface area (Å²) < 4.78 is 0. The van der Waals surface area contributed by atoms with Gasteiger partial charge in [0, 0.05) is 5.54 Å². The van der Waals surface area contributed by atoms with Gasteiger partial charge in [0.25, 0.3) is 0 Å². The number of rotatable bonds is 4. The van der Waals surface area contributed by atoms with Crippen LogP contribution in [0.5, 0.6) is 0 Å². The van der Waals surface area contributed by atoms with E-state index < -0.39 is 5.54 Å². The fourth-order valence-electron chi connectivity index (χ4n) is 0.671. The summed E-state index contributed by atoms with van der Waals surface area (Å²) in [5, 5.41) is 8.28. The van der Waals surface area contributed by atoms with Gasteiger partial charge < -0.3 is 15.7 Å². The summed E-state index contributed by atoms with van der Waals surface area (Å²) >= 11 is 0. The minimum atomic E-state index is -0.403. The Labute approximate surface area is 82.9 Å². The highest BCUT2D eigenvalue weighted by Gasteiger charge is 2.05. The molecular weight excluding hydrogens is 164 g/mol. The van der Waals surface area contributed by atoms with E-state index in [0.29, 0.717) is 0 Å². The molecule has 0 spiro atoms. The standard InChI is InChI=1S/C6H15N.C4H11NO/c1-4-7(5-2)6-3;1-4(2,5)3-6/h4-6H2,1-3H3;6H,3,5H2,1-2H3. The molecule has 0 aromatic heterocycles. The van der Waals surface area contributed by atoms with Crippen LogP contribution in [0.2, 0.25) is 0 Å². The first-order valence-corrected chi connectivity index (χ1v) is 5.03. The lowest BCUT2D eigenvalue weighted by atomic mass is 10.1. The second-order valence-corrected chi connectivity index (χ2v) is 3.77. The molecule has 0 bridgehead atoms. The summed E-state index contributed by atoms with van der Waals surface area (Å²) in [6, 6.07) is 0. The molecule has 0 aliphatic heterocycles. The van der Waals surface area contributed by atoms with Gasteiger partial charge >= 0.3 is 0 Å². The summed E-state index contributed by atoms with van der Waals surface area (Å²) in [5.74, 6) is 0. The predicted molar refractivity (Wildman–Crippen MR) is 58.8 cm³/mol. The smallest absolute Gasteiger partial charge is 0.0605 e. The van der Waals surface area contributed by atoms with Crippen molar-refractivity contribution >= 4 is 0 Å². The average Bonchev–Trinajstić information content (AvgIpc) is 2.07. The van der Waals surface area contributed by atoms with Crippen LogP contribution < -0.4 is 5.73 Å². The first-order valence-electron chi connectivity index (χ1n) is 5.03. The van der Waals surface area contributed by atoms with E-state index in [1.165, 1.54) is 19.6 Å². The summed E-state index contributed by atoms with van der Waals surface area (Å²) in [5.41, 5.74) is 4.88. The predicted octanol–water partition coefficient (Wildman–Crippen LogP) is 1.06. The molecule has 13 heavy (non-hydrogen) atoms. The van der Waals surface area contributed by atoms with Crippen molar-refractivity contribution in [2.45, 2.75) is 40.2 Å². The van der Waals surface area contributed by atoms with E-state index >= 15 is 0 Å². The highest BCUT2D eigenvalue weighted by Crippen LogP contribution is 1.90. The number of nitrogens with two attached hydrogens (primary N) is 1. The van der Waals surface area contributed by atoms with Gasteiger partial charge in [-0.05, 0) is 33.5 Å². The molecule has 82 valence electrons. The molecule has 0 saturated heterocycles. The molecule has 0 aliphatic rings. The molecule has 0 atom stereocenters. The van der Waals surface area contributed by atoms with Crippen molar-refractivity contribution in [3.05, 3.63) is 0 Å². The van der Waals surface area contributed by atoms with Gasteiger partial charge in [-0.1, -0.05) is 20.8 Å². The van der Waals surface area contributed by atoms with Gasteiger partial charge in [0.15, 0.2) is 0 Å². The van der Waals surface area contributed by atoms with E-state index in [4.69, 9.17) is 10.8 Å². The Morgan fingerprint density at radius 3 is 1.31 bits per heavy atom. The van der Waals surface area contributed by atoms with Gasteiger partial charge in [-0.25, -0.2) is 0 Å². The zero-order chi connectivity index (χ0) is 10.9. The third-order valence-electron chi connectivity index (χ3n) is 1.75. The maximum Gasteiger partial charge on any atom is 0.0605 e. The minimum Gasteiger partial charge on any atom is -0.394 e. The van der Waals surface area contributed by atoms with Crippen LogP contribution in [0.25, 0.3) is 0 Å². The minimum absolute atomic E-state index is 0.0486. The van der Waals surface area contributed by atoms with E-state index in [2.05, 4.69) is 25.7 Å². The van der Waals surface area contributed by atoms with Gasteiger partial charge in [-0.2, -0.15) is 0 Å². The number of aliphatic hydroxyl groups is 1. The van der Waals surface area contributed by atoms with Crippen LogP contribution in [-0.4, -0.2) is 41.8 Å². The van der Waals surface area contributed by atoms with E-state index in [1.807, 2.05) is 0 Å². The van der Waals surface area contributed by atoms with E-state index in [1.54, 1.807) is 13.8 Å². The van der Waals surface area contributed by atoms with Gasteiger partial charge in [0.05, 0.1) is 6.61 Å². The molecule has 0 amide bonds. The van der Waals surface area contributed by atoms with Crippen molar-refractivity contribution in [1.29, 1.82) is 0 Å². The topological polar surface area (TPSA) is 49.5 Å². The van der Waals surface area contributed by atoms with Crippen LogP contribution in [0.15, 0.2) is 0 Å². The SMILES string of the molecule is CC(C)(N)CO.CCN(CC)CC. The van der Waals surface area contributed by atoms with Gasteiger partial charge in [-0.3, -0.25) is 0 Å². The highest BCUT2D eigenvalue weighted by atomic mass is 16.3. The second-order valence-electron chi connectivity index (χ2n) is 3.77. The quantitative estimate of drug-likeness (QED) is 0.697.